The lowest BCUT2D eigenvalue weighted by Gasteiger charge is -2.18. The summed E-state index contributed by atoms with van der Waals surface area (Å²) in [5, 5.41) is 1.20. The number of fused-ring (bicyclic) bond motifs is 1. The molecule has 1 aromatic heterocycles. The molecule has 4 heteroatoms. The Balaban J connectivity index is 1.78. The predicted molar refractivity (Wildman–Crippen MR) is 84.4 cm³/mol. The summed E-state index contributed by atoms with van der Waals surface area (Å²) in [4.78, 5) is 14.1. The van der Waals surface area contributed by atoms with Crippen molar-refractivity contribution in [2.24, 2.45) is 5.92 Å². The number of benzene rings is 1. The highest BCUT2D eigenvalue weighted by Crippen LogP contribution is 2.25. The van der Waals surface area contributed by atoms with Crippen LogP contribution in [-0.2, 0) is 11.5 Å². The number of hydrogen-bond donors (Lipinski definition) is 0. The first kappa shape index (κ1) is 13.7. The molecule has 0 spiro atoms. The lowest BCUT2D eigenvalue weighted by Crippen LogP contribution is -2.27. The van der Waals surface area contributed by atoms with Crippen LogP contribution in [-0.4, -0.2) is 21.9 Å². The fourth-order valence-electron chi connectivity index (χ4n) is 3.07. The predicted octanol–water partition coefficient (Wildman–Crippen LogP) is 4.01. The third-order valence-electron chi connectivity index (χ3n) is 4.05. The first-order valence-electron chi connectivity index (χ1n) is 7.19. The maximum atomic E-state index is 12.1. The molecule has 1 aliphatic rings. The van der Waals surface area contributed by atoms with E-state index in [0.717, 1.165) is 30.3 Å². The van der Waals surface area contributed by atoms with Crippen molar-refractivity contribution in [1.82, 2.24) is 9.47 Å². The number of aromatic nitrogens is 1. The van der Waals surface area contributed by atoms with E-state index in [-0.39, 0.29) is 0 Å². The van der Waals surface area contributed by atoms with E-state index in [4.69, 9.17) is 0 Å². The van der Waals surface area contributed by atoms with Crippen LogP contribution in [0.3, 0.4) is 0 Å². The molecule has 1 aliphatic heterocycles. The van der Waals surface area contributed by atoms with E-state index in [0.29, 0.717) is 18.5 Å². The Kier molecular flexibility index (Phi) is 3.83. The summed E-state index contributed by atoms with van der Waals surface area (Å²) < 4.78 is 3.25. The molecule has 1 unspecified atom stereocenters. The molecule has 1 saturated heterocycles. The molecule has 1 aromatic carbocycles. The van der Waals surface area contributed by atoms with E-state index < -0.39 is 0 Å². The Morgan fingerprint density at radius 2 is 2.20 bits per heavy atom. The van der Waals surface area contributed by atoms with Gasteiger partial charge in [-0.15, -0.1) is 0 Å². The van der Waals surface area contributed by atoms with Crippen molar-refractivity contribution in [2.75, 3.05) is 6.54 Å². The summed E-state index contributed by atoms with van der Waals surface area (Å²) in [5.74, 6) is 0.839. The van der Waals surface area contributed by atoms with Crippen LogP contribution in [0.15, 0.2) is 34.9 Å². The Bertz CT molecular complexity index is 634. The maximum absolute atomic E-state index is 12.1. The second-order valence-corrected chi connectivity index (χ2v) is 6.52. The standard InChI is InChI=1S/C16H19BrN2O/c1-2-3-12-8-16(20)19(10-12)11-18-7-6-13-9-14(17)4-5-15(13)18/h4-7,9,12H,2-3,8,10-11H2,1H3. The molecule has 0 bridgehead atoms. The van der Waals surface area contributed by atoms with Gasteiger partial charge < -0.3 is 9.47 Å². The van der Waals surface area contributed by atoms with Crippen LogP contribution >= 0.6 is 15.9 Å². The van der Waals surface area contributed by atoms with Gasteiger partial charge in [-0.25, -0.2) is 0 Å². The van der Waals surface area contributed by atoms with Crippen molar-refractivity contribution in [1.29, 1.82) is 0 Å². The number of rotatable bonds is 4. The van der Waals surface area contributed by atoms with E-state index >= 15 is 0 Å². The summed E-state index contributed by atoms with van der Waals surface area (Å²) >= 11 is 3.49. The summed E-state index contributed by atoms with van der Waals surface area (Å²) in [6.45, 7) is 3.76. The molecule has 3 nitrogen and oxygen atoms in total. The van der Waals surface area contributed by atoms with Crippen molar-refractivity contribution < 1.29 is 4.79 Å². The van der Waals surface area contributed by atoms with Crippen molar-refractivity contribution in [3.8, 4) is 0 Å². The van der Waals surface area contributed by atoms with E-state index in [1.807, 2.05) is 11.0 Å². The number of likely N-dealkylation sites (tertiary alicyclic amines) is 1. The Morgan fingerprint density at radius 1 is 1.35 bits per heavy atom. The minimum atomic E-state index is 0.294. The van der Waals surface area contributed by atoms with E-state index in [1.165, 1.54) is 10.9 Å². The number of amides is 1. The van der Waals surface area contributed by atoms with Gasteiger partial charge in [0.2, 0.25) is 5.91 Å². The Morgan fingerprint density at radius 3 is 3.00 bits per heavy atom. The van der Waals surface area contributed by atoms with Crippen LogP contribution < -0.4 is 0 Å². The number of carbonyl (C=O) groups is 1. The molecule has 2 heterocycles. The van der Waals surface area contributed by atoms with Crippen LogP contribution in [0.1, 0.15) is 26.2 Å². The molecule has 0 N–H and O–H groups in total. The van der Waals surface area contributed by atoms with Crippen molar-refractivity contribution in [2.45, 2.75) is 32.9 Å². The lowest BCUT2D eigenvalue weighted by atomic mass is 10.0. The van der Waals surface area contributed by atoms with Gasteiger partial charge in [0.1, 0.15) is 0 Å². The van der Waals surface area contributed by atoms with Crippen LogP contribution in [0, 0.1) is 5.92 Å². The fraction of sp³-hybridized carbons (Fsp3) is 0.438. The van der Waals surface area contributed by atoms with Gasteiger partial charge in [-0.1, -0.05) is 29.3 Å². The van der Waals surface area contributed by atoms with Crippen LogP contribution in [0.2, 0.25) is 0 Å². The smallest absolute Gasteiger partial charge is 0.224 e. The van der Waals surface area contributed by atoms with Crippen LogP contribution in [0.4, 0.5) is 0 Å². The molecular weight excluding hydrogens is 316 g/mol. The molecular formula is C16H19BrN2O. The molecule has 1 fully saturated rings. The molecule has 1 atom stereocenters. The molecule has 2 aromatic rings. The molecule has 3 rings (SSSR count). The van der Waals surface area contributed by atoms with Gasteiger partial charge in [-0.05, 0) is 36.6 Å². The highest BCUT2D eigenvalue weighted by atomic mass is 79.9. The number of carbonyl (C=O) groups excluding carboxylic acids is 1. The second-order valence-electron chi connectivity index (χ2n) is 5.61. The van der Waals surface area contributed by atoms with Crippen molar-refractivity contribution in [3.05, 3.63) is 34.9 Å². The lowest BCUT2D eigenvalue weighted by molar-refractivity contribution is -0.129. The quantitative estimate of drug-likeness (QED) is 0.829. The molecule has 1 amide bonds. The highest BCUT2D eigenvalue weighted by molar-refractivity contribution is 9.10. The SMILES string of the molecule is CCCC1CC(=O)N(Cn2ccc3cc(Br)ccc32)C1. The zero-order valence-corrected chi connectivity index (χ0v) is 13.3. The van der Waals surface area contributed by atoms with E-state index in [9.17, 15) is 4.79 Å². The van der Waals surface area contributed by atoms with Gasteiger partial charge in [0.25, 0.3) is 0 Å². The molecule has 106 valence electrons. The van der Waals surface area contributed by atoms with Gasteiger partial charge in [-0.2, -0.15) is 0 Å². The molecule has 0 aliphatic carbocycles. The third-order valence-corrected chi connectivity index (χ3v) is 4.54. The Hall–Kier alpha value is -1.29. The minimum absolute atomic E-state index is 0.294. The molecule has 0 radical (unpaired) electrons. The first-order chi connectivity index (χ1) is 9.67. The second kappa shape index (κ2) is 5.60. The minimum Gasteiger partial charge on any atom is -0.329 e. The molecule has 20 heavy (non-hydrogen) atoms. The van der Waals surface area contributed by atoms with Gasteiger partial charge in [0.05, 0.1) is 6.67 Å². The average molecular weight is 335 g/mol. The van der Waals surface area contributed by atoms with Gasteiger partial charge >= 0.3 is 0 Å². The Labute approximate surface area is 127 Å². The zero-order chi connectivity index (χ0) is 14.1. The number of nitrogens with zero attached hydrogens (tertiary/aromatic N) is 2. The monoisotopic (exact) mass is 334 g/mol. The summed E-state index contributed by atoms with van der Waals surface area (Å²) in [5.41, 5.74) is 1.18. The van der Waals surface area contributed by atoms with Crippen LogP contribution in [0.5, 0.6) is 0 Å². The van der Waals surface area contributed by atoms with Gasteiger partial charge in [0.15, 0.2) is 0 Å². The van der Waals surface area contributed by atoms with E-state index in [2.05, 4.69) is 51.8 Å². The third kappa shape index (κ3) is 2.62. The number of halogens is 1. The number of hydrogen-bond acceptors (Lipinski definition) is 1. The summed E-state index contributed by atoms with van der Waals surface area (Å²) in [7, 11) is 0. The normalized spacial score (nSPS) is 19.2. The first-order valence-corrected chi connectivity index (χ1v) is 7.99. The fourth-order valence-corrected chi connectivity index (χ4v) is 3.45. The average Bonchev–Trinajstić information content (AvgIpc) is 2.95. The topological polar surface area (TPSA) is 25.2 Å². The van der Waals surface area contributed by atoms with Crippen molar-refractivity contribution >= 4 is 32.7 Å². The van der Waals surface area contributed by atoms with Crippen molar-refractivity contribution in [3.63, 3.8) is 0 Å². The maximum Gasteiger partial charge on any atom is 0.224 e. The summed E-state index contributed by atoms with van der Waals surface area (Å²) in [6, 6.07) is 8.36. The van der Waals surface area contributed by atoms with Crippen LogP contribution in [0.25, 0.3) is 10.9 Å². The van der Waals surface area contributed by atoms with E-state index in [1.54, 1.807) is 0 Å². The summed E-state index contributed by atoms with van der Waals surface area (Å²) in [6.07, 6.45) is 5.10. The van der Waals surface area contributed by atoms with Gasteiger partial charge in [-0.3, -0.25) is 4.79 Å². The highest BCUT2D eigenvalue weighted by Gasteiger charge is 2.28. The molecule has 0 saturated carbocycles. The largest absolute Gasteiger partial charge is 0.329 e. The van der Waals surface area contributed by atoms with Gasteiger partial charge in [0, 0.05) is 34.5 Å². The zero-order valence-electron chi connectivity index (χ0n) is 11.7.